The molecule has 3 amide bonds. The van der Waals surface area contributed by atoms with Crippen molar-refractivity contribution in [2.24, 2.45) is 0 Å². The number of amides is 3. The first kappa shape index (κ1) is 30.7. The molecule has 11 nitrogen and oxygen atoms in total. The lowest BCUT2D eigenvalue weighted by atomic mass is 10.2. The number of carbonyl (C=O) groups excluding carboxylic acids is 3. The van der Waals surface area contributed by atoms with Gasteiger partial charge in [0.2, 0.25) is 21.8 Å². The predicted octanol–water partition coefficient (Wildman–Crippen LogP) is 2.05. The topological polar surface area (TPSA) is 128 Å². The molecule has 0 bridgehead atoms. The second-order valence-corrected chi connectivity index (χ2v) is 13.2. The van der Waals surface area contributed by atoms with Gasteiger partial charge < -0.3 is 19.9 Å². The number of thiophene rings is 1. The van der Waals surface area contributed by atoms with Crippen LogP contribution in [0.5, 0.6) is 0 Å². The van der Waals surface area contributed by atoms with Crippen LogP contribution in [0.1, 0.15) is 22.5 Å². The zero-order valence-electron chi connectivity index (χ0n) is 21.9. The van der Waals surface area contributed by atoms with E-state index in [1.54, 1.807) is 30.2 Å². The fraction of sp³-hybridized carbons (Fsp3) is 0.480. The molecule has 4 rings (SSSR count). The minimum atomic E-state index is -4.34. The molecule has 40 heavy (non-hydrogen) atoms. The highest BCUT2D eigenvalue weighted by molar-refractivity contribution is 7.89. The molecule has 2 saturated heterocycles. The molecule has 1 aromatic carbocycles. The van der Waals surface area contributed by atoms with E-state index < -0.39 is 27.9 Å². The molecule has 0 spiro atoms. The van der Waals surface area contributed by atoms with E-state index in [2.05, 4.69) is 14.9 Å². The van der Waals surface area contributed by atoms with Gasteiger partial charge in [0.1, 0.15) is 10.9 Å². The van der Waals surface area contributed by atoms with Crippen LogP contribution in [-0.4, -0.2) is 102 Å². The van der Waals surface area contributed by atoms with Crippen LogP contribution >= 0.6 is 34.5 Å². The van der Waals surface area contributed by atoms with Crippen molar-refractivity contribution in [3.8, 4) is 0 Å². The molecule has 2 aliphatic heterocycles. The Balaban J connectivity index is 1.54. The number of anilines is 1. The SMILES string of the molecule is COCCN1CCN(C(=O)[C@H](CNC(=O)c2ccc(Cl)s2)NS(=O)(=O)c2cccc(N3CCCC3=O)c2Cl)CC1. The Morgan fingerprint density at radius 1 is 1.10 bits per heavy atom. The second kappa shape index (κ2) is 13.6. The molecule has 218 valence electrons. The highest BCUT2D eigenvalue weighted by Gasteiger charge is 2.34. The standard InChI is InChI=1S/C25H31Cl2N5O6S2/c1-38-15-14-30-10-12-31(13-11-30)25(35)17(16-28-24(34)19-7-8-21(26)39-19)29-40(36,37)20-5-2-4-18(23(20)27)32-9-3-6-22(32)33/h2,4-5,7-8,17,29H,3,6,9-16H2,1H3,(H,28,34)/t17-/m0/s1. The van der Waals surface area contributed by atoms with Crippen LogP contribution in [0.4, 0.5) is 5.69 Å². The number of sulfonamides is 1. The zero-order chi connectivity index (χ0) is 28.9. The zero-order valence-corrected chi connectivity index (χ0v) is 25.0. The number of ether oxygens (including phenoxy) is 1. The monoisotopic (exact) mass is 631 g/mol. The van der Waals surface area contributed by atoms with Gasteiger partial charge in [-0.1, -0.05) is 29.3 Å². The quantitative estimate of drug-likeness (QED) is 0.388. The first-order valence-electron chi connectivity index (χ1n) is 12.8. The molecule has 1 atom stereocenters. The highest BCUT2D eigenvalue weighted by atomic mass is 35.5. The number of carbonyl (C=O) groups is 3. The van der Waals surface area contributed by atoms with E-state index in [0.29, 0.717) is 67.1 Å². The van der Waals surface area contributed by atoms with Crippen LogP contribution in [0.2, 0.25) is 9.36 Å². The van der Waals surface area contributed by atoms with E-state index in [1.165, 1.54) is 17.0 Å². The Kier molecular flexibility index (Phi) is 10.4. The summed E-state index contributed by atoms with van der Waals surface area (Å²) in [5.41, 5.74) is 0.296. The Bertz CT molecular complexity index is 1350. The summed E-state index contributed by atoms with van der Waals surface area (Å²) in [6.07, 6.45) is 1.00. The first-order valence-corrected chi connectivity index (χ1v) is 15.8. The van der Waals surface area contributed by atoms with Gasteiger partial charge in [-0.2, -0.15) is 4.72 Å². The normalized spacial score (nSPS) is 17.3. The number of nitrogens with one attached hydrogen (secondary N) is 2. The summed E-state index contributed by atoms with van der Waals surface area (Å²) in [5, 5.41) is 2.53. The largest absolute Gasteiger partial charge is 0.383 e. The van der Waals surface area contributed by atoms with Gasteiger partial charge in [-0.15, -0.1) is 11.3 Å². The fourth-order valence-electron chi connectivity index (χ4n) is 4.60. The molecule has 2 N–H and O–H groups in total. The molecular formula is C25H31Cl2N5O6S2. The molecular weight excluding hydrogens is 601 g/mol. The Labute approximate surface area is 247 Å². The first-order chi connectivity index (χ1) is 19.1. The summed E-state index contributed by atoms with van der Waals surface area (Å²) in [6, 6.07) is 6.23. The van der Waals surface area contributed by atoms with Crippen molar-refractivity contribution in [2.75, 3.05) is 64.4 Å². The third-order valence-corrected chi connectivity index (χ3v) is 10.0. The van der Waals surface area contributed by atoms with E-state index in [9.17, 15) is 22.8 Å². The molecule has 0 radical (unpaired) electrons. The molecule has 2 aromatic rings. The summed E-state index contributed by atoms with van der Waals surface area (Å²) in [7, 11) is -2.71. The van der Waals surface area contributed by atoms with Crippen LogP contribution in [-0.2, 0) is 24.3 Å². The maximum Gasteiger partial charge on any atom is 0.261 e. The van der Waals surface area contributed by atoms with Crippen LogP contribution in [0, 0.1) is 0 Å². The summed E-state index contributed by atoms with van der Waals surface area (Å²) in [4.78, 5) is 43.8. The molecule has 15 heteroatoms. The van der Waals surface area contributed by atoms with E-state index >= 15 is 0 Å². The van der Waals surface area contributed by atoms with Crippen molar-refractivity contribution < 1.29 is 27.5 Å². The number of rotatable bonds is 11. The van der Waals surface area contributed by atoms with Crippen molar-refractivity contribution in [3.05, 3.63) is 44.6 Å². The summed E-state index contributed by atoms with van der Waals surface area (Å²) in [5.74, 6) is -1.09. The minimum absolute atomic E-state index is 0.111. The fourth-order valence-corrected chi connectivity index (χ4v) is 7.38. The number of benzene rings is 1. The number of methoxy groups -OCH3 is 1. The van der Waals surface area contributed by atoms with Crippen molar-refractivity contribution in [3.63, 3.8) is 0 Å². The van der Waals surface area contributed by atoms with E-state index in [4.69, 9.17) is 27.9 Å². The lowest BCUT2D eigenvalue weighted by Gasteiger charge is -2.36. The van der Waals surface area contributed by atoms with Gasteiger partial charge in [0.05, 0.1) is 26.5 Å². The molecule has 0 saturated carbocycles. The van der Waals surface area contributed by atoms with Crippen LogP contribution in [0.3, 0.4) is 0 Å². The maximum absolute atomic E-state index is 13.6. The van der Waals surface area contributed by atoms with Crippen molar-refractivity contribution in [1.82, 2.24) is 19.8 Å². The molecule has 2 aliphatic rings. The number of halogens is 2. The van der Waals surface area contributed by atoms with Crippen LogP contribution < -0.4 is 14.9 Å². The third-order valence-electron chi connectivity index (χ3n) is 6.75. The molecule has 2 fully saturated rings. The average Bonchev–Trinajstić information content (AvgIpc) is 3.57. The number of hydrogen-bond acceptors (Lipinski definition) is 8. The molecule has 0 aliphatic carbocycles. The number of nitrogens with zero attached hydrogens (tertiary/aromatic N) is 3. The lowest BCUT2D eigenvalue weighted by molar-refractivity contribution is -0.134. The van der Waals surface area contributed by atoms with Gasteiger partial charge in [-0.05, 0) is 30.7 Å². The highest BCUT2D eigenvalue weighted by Crippen LogP contribution is 2.34. The Hall–Kier alpha value is -2.26. The number of hydrogen-bond donors (Lipinski definition) is 2. The van der Waals surface area contributed by atoms with E-state index in [1.807, 2.05) is 0 Å². The Morgan fingerprint density at radius 3 is 2.48 bits per heavy atom. The van der Waals surface area contributed by atoms with E-state index in [-0.39, 0.29) is 22.4 Å². The van der Waals surface area contributed by atoms with Crippen LogP contribution in [0.25, 0.3) is 0 Å². The van der Waals surface area contributed by atoms with Gasteiger partial charge >= 0.3 is 0 Å². The predicted molar refractivity (Wildman–Crippen MR) is 154 cm³/mol. The van der Waals surface area contributed by atoms with Gasteiger partial charge in [-0.3, -0.25) is 19.3 Å². The summed E-state index contributed by atoms with van der Waals surface area (Å²) in [6.45, 7) is 3.42. The van der Waals surface area contributed by atoms with Gasteiger partial charge in [0, 0.05) is 59.3 Å². The van der Waals surface area contributed by atoms with Crippen molar-refractivity contribution in [1.29, 1.82) is 0 Å². The smallest absolute Gasteiger partial charge is 0.261 e. The third kappa shape index (κ3) is 7.32. The summed E-state index contributed by atoms with van der Waals surface area (Å²) < 4.78 is 35.1. The summed E-state index contributed by atoms with van der Waals surface area (Å²) >= 11 is 13.5. The van der Waals surface area contributed by atoms with E-state index in [0.717, 1.165) is 17.9 Å². The average molecular weight is 633 g/mol. The second-order valence-electron chi connectivity index (χ2n) is 9.39. The minimum Gasteiger partial charge on any atom is -0.383 e. The lowest BCUT2D eigenvalue weighted by Crippen LogP contribution is -2.57. The van der Waals surface area contributed by atoms with Gasteiger partial charge in [0.25, 0.3) is 5.91 Å². The van der Waals surface area contributed by atoms with Gasteiger partial charge in [-0.25, -0.2) is 8.42 Å². The Morgan fingerprint density at radius 2 is 1.85 bits per heavy atom. The molecule has 0 unspecified atom stereocenters. The molecule has 3 heterocycles. The van der Waals surface area contributed by atoms with Crippen LogP contribution in [0.15, 0.2) is 35.2 Å². The van der Waals surface area contributed by atoms with Gasteiger partial charge in [0.15, 0.2) is 0 Å². The maximum atomic E-state index is 13.6. The van der Waals surface area contributed by atoms with Crippen molar-refractivity contribution >= 4 is 68.0 Å². The number of piperazine rings is 1. The van der Waals surface area contributed by atoms with Crippen molar-refractivity contribution in [2.45, 2.75) is 23.8 Å². The molecule has 1 aromatic heterocycles.